The number of urea groups is 1. The van der Waals surface area contributed by atoms with Gasteiger partial charge in [-0.2, -0.15) is 0 Å². The van der Waals surface area contributed by atoms with Gasteiger partial charge < -0.3 is 11.5 Å². The molecule has 0 heterocycles. The lowest BCUT2D eigenvalue weighted by molar-refractivity contribution is -0.122. The van der Waals surface area contributed by atoms with Gasteiger partial charge in [0, 0.05) is 12.1 Å². The Morgan fingerprint density at radius 3 is 2.06 bits per heavy atom. The van der Waals surface area contributed by atoms with E-state index in [1.54, 1.807) is 0 Å². The SMILES string of the molecule is CCN(CC(=O)NC(N)=O)C(CC)(CC)CN. The van der Waals surface area contributed by atoms with E-state index in [2.05, 4.69) is 5.32 Å². The third-order valence-electron chi connectivity index (χ3n) is 3.35. The Labute approximate surface area is 103 Å². The number of rotatable bonds is 7. The molecular formula is C11H24N4O2. The number of hydrogen-bond donors (Lipinski definition) is 3. The summed E-state index contributed by atoms with van der Waals surface area (Å²) >= 11 is 0. The average Bonchev–Trinajstić information content (AvgIpc) is 2.29. The van der Waals surface area contributed by atoms with E-state index in [1.165, 1.54) is 0 Å². The van der Waals surface area contributed by atoms with Crippen LogP contribution in [0.5, 0.6) is 0 Å². The molecule has 0 aromatic carbocycles. The van der Waals surface area contributed by atoms with E-state index in [0.29, 0.717) is 13.1 Å². The highest BCUT2D eigenvalue weighted by atomic mass is 16.2. The van der Waals surface area contributed by atoms with Crippen molar-refractivity contribution in [2.75, 3.05) is 19.6 Å². The molecule has 0 aliphatic heterocycles. The molecule has 5 N–H and O–H groups in total. The number of likely N-dealkylation sites (N-methyl/N-ethyl adjacent to an activating group) is 1. The van der Waals surface area contributed by atoms with E-state index < -0.39 is 6.03 Å². The van der Waals surface area contributed by atoms with Crippen molar-refractivity contribution in [1.29, 1.82) is 0 Å². The summed E-state index contributed by atoms with van der Waals surface area (Å²) in [5.74, 6) is -0.390. The first kappa shape index (κ1) is 15.9. The van der Waals surface area contributed by atoms with Crippen molar-refractivity contribution in [1.82, 2.24) is 10.2 Å². The van der Waals surface area contributed by atoms with Crippen molar-refractivity contribution in [3.05, 3.63) is 0 Å². The van der Waals surface area contributed by atoms with Gasteiger partial charge in [0.05, 0.1) is 6.54 Å². The minimum absolute atomic E-state index is 0.137. The number of primary amides is 1. The zero-order valence-corrected chi connectivity index (χ0v) is 11.0. The Bertz CT molecular complexity index is 256. The second-order valence-electron chi connectivity index (χ2n) is 4.06. The van der Waals surface area contributed by atoms with Gasteiger partial charge >= 0.3 is 6.03 Å². The number of carbonyl (C=O) groups is 2. The van der Waals surface area contributed by atoms with Crippen LogP contribution in [-0.4, -0.2) is 42.0 Å². The molecule has 0 radical (unpaired) electrons. The molecule has 3 amide bonds. The van der Waals surface area contributed by atoms with Crippen LogP contribution in [0.3, 0.4) is 0 Å². The van der Waals surface area contributed by atoms with E-state index in [1.807, 2.05) is 25.7 Å². The normalized spacial score (nSPS) is 11.6. The molecule has 6 heteroatoms. The Hall–Kier alpha value is -1.14. The Morgan fingerprint density at radius 1 is 1.24 bits per heavy atom. The quantitative estimate of drug-likeness (QED) is 0.587. The van der Waals surface area contributed by atoms with Gasteiger partial charge in [0.25, 0.3) is 0 Å². The first-order chi connectivity index (χ1) is 7.95. The highest BCUT2D eigenvalue weighted by Crippen LogP contribution is 2.22. The molecule has 0 aliphatic rings. The molecule has 0 saturated carbocycles. The summed E-state index contributed by atoms with van der Waals surface area (Å²) in [6, 6.07) is -0.822. The molecule has 0 rings (SSSR count). The molecule has 0 unspecified atom stereocenters. The summed E-state index contributed by atoms with van der Waals surface area (Å²) in [5, 5.41) is 2.07. The number of amides is 3. The number of carbonyl (C=O) groups excluding carboxylic acids is 2. The van der Waals surface area contributed by atoms with Crippen LogP contribution in [0.4, 0.5) is 4.79 Å². The van der Waals surface area contributed by atoms with Crippen LogP contribution in [0.1, 0.15) is 33.6 Å². The third kappa shape index (κ3) is 4.32. The topological polar surface area (TPSA) is 101 Å². The molecule has 0 bridgehead atoms. The summed E-state index contributed by atoms with van der Waals surface area (Å²) in [6.45, 7) is 7.38. The lowest BCUT2D eigenvalue weighted by Crippen LogP contribution is -2.56. The molecule has 0 fully saturated rings. The fourth-order valence-electron chi connectivity index (χ4n) is 2.08. The predicted molar refractivity (Wildman–Crippen MR) is 67.3 cm³/mol. The number of imide groups is 1. The molecule has 0 aromatic rings. The number of nitrogens with two attached hydrogens (primary N) is 2. The van der Waals surface area contributed by atoms with Gasteiger partial charge in [-0.1, -0.05) is 20.8 Å². The lowest BCUT2D eigenvalue weighted by atomic mass is 9.90. The molecule has 0 saturated heterocycles. The zero-order chi connectivity index (χ0) is 13.5. The molecule has 0 atom stereocenters. The van der Waals surface area contributed by atoms with Crippen molar-refractivity contribution in [2.24, 2.45) is 11.5 Å². The Kier molecular flexibility index (Phi) is 6.75. The monoisotopic (exact) mass is 244 g/mol. The summed E-state index contributed by atoms with van der Waals surface area (Å²) in [4.78, 5) is 24.1. The van der Waals surface area contributed by atoms with Gasteiger partial charge in [0.15, 0.2) is 0 Å². The van der Waals surface area contributed by atoms with Crippen LogP contribution >= 0.6 is 0 Å². The summed E-state index contributed by atoms with van der Waals surface area (Å²) in [7, 11) is 0. The average molecular weight is 244 g/mol. The summed E-state index contributed by atoms with van der Waals surface area (Å²) in [6.07, 6.45) is 1.72. The summed E-state index contributed by atoms with van der Waals surface area (Å²) in [5.41, 5.74) is 10.5. The maximum absolute atomic E-state index is 11.5. The maximum Gasteiger partial charge on any atom is 0.318 e. The summed E-state index contributed by atoms with van der Waals surface area (Å²) < 4.78 is 0. The zero-order valence-electron chi connectivity index (χ0n) is 11.0. The van der Waals surface area contributed by atoms with Crippen molar-refractivity contribution >= 4 is 11.9 Å². The molecule has 100 valence electrons. The van der Waals surface area contributed by atoms with Gasteiger partial charge in [0.2, 0.25) is 5.91 Å². The van der Waals surface area contributed by atoms with Gasteiger partial charge in [-0.15, -0.1) is 0 Å². The van der Waals surface area contributed by atoms with Crippen LogP contribution in [0.15, 0.2) is 0 Å². The fraction of sp³-hybridized carbons (Fsp3) is 0.818. The van der Waals surface area contributed by atoms with Crippen molar-refractivity contribution in [3.8, 4) is 0 Å². The predicted octanol–water partition coefficient (Wildman–Crippen LogP) is 0.0207. The highest BCUT2D eigenvalue weighted by molar-refractivity contribution is 5.94. The molecule has 17 heavy (non-hydrogen) atoms. The number of hydrogen-bond acceptors (Lipinski definition) is 4. The van der Waals surface area contributed by atoms with Crippen LogP contribution in [0, 0.1) is 0 Å². The van der Waals surface area contributed by atoms with E-state index in [0.717, 1.165) is 12.8 Å². The van der Waals surface area contributed by atoms with E-state index in [9.17, 15) is 9.59 Å². The van der Waals surface area contributed by atoms with Gasteiger partial charge in [-0.25, -0.2) is 4.79 Å². The van der Waals surface area contributed by atoms with Crippen LogP contribution in [-0.2, 0) is 4.79 Å². The second kappa shape index (κ2) is 7.24. The third-order valence-corrected chi connectivity index (χ3v) is 3.35. The van der Waals surface area contributed by atoms with Crippen molar-refractivity contribution in [2.45, 2.75) is 39.2 Å². The molecule has 0 aromatic heterocycles. The largest absolute Gasteiger partial charge is 0.351 e. The Morgan fingerprint density at radius 2 is 1.76 bits per heavy atom. The van der Waals surface area contributed by atoms with Gasteiger partial charge in [-0.05, 0) is 19.4 Å². The van der Waals surface area contributed by atoms with Gasteiger partial charge in [0.1, 0.15) is 0 Å². The number of nitrogens with zero attached hydrogens (tertiary/aromatic N) is 1. The van der Waals surface area contributed by atoms with E-state index >= 15 is 0 Å². The molecular weight excluding hydrogens is 220 g/mol. The molecule has 0 aliphatic carbocycles. The van der Waals surface area contributed by atoms with Crippen molar-refractivity contribution in [3.63, 3.8) is 0 Å². The van der Waals surface area contributed by atoms with Crippen LogP contribution in [0.2, 0.25) is 0 Å². The number of nitrogens with one attached hydrogen (secondary N) is 1. The second-order valence-corrected chi connectivity index (χ2v) is 4.06. The Balaban J connectivity index is 4.70. The van der Waals surface area contributed by atoms with Gasteiger partial charge in [-0.3, -0.25) is 15.0 Å². The first-order valence-corrected chi connectivity index (χ1v) is 6.00. The van der Waals surface area contributed by atoms with Crippen LogP contribution in [0.25, 0.3) is 0 Å². The smallest absolute Gasteiger partial charge is 0.318 e. The minimum Gasteiger partial charge on any atom is -0.351 e. The standard InChI is InChI=1S/C11H24N4O2/c1-4-11(5-2,8-12)15(6-3)7-9(16)14-10(13)17/h4-8,12H2,1-3H3,(H3,13,14,16,17). The van der Waals surface area contributed by atoms with Crippen LogP contribution < -0.4 is 16.8 Å². The molecule has 6 nitrogen and oxygen atoms in total. The minimum atomic E-state index is -0.822. The van der Waals surface area contributed by atoms with E-state index in [4.69, 9.17) is 11.5 Å². The van der Waals surface area contributed by atoms with E-state index in [-0.39, 0.29) is 18.0 Å². The first-order valence-electron chi connectivity index (χ1n) is 6.00. The van der Waals surface area contributed by atoms with Crippen molar-refractivity contribution < 1.29 is 9.59 Å². The fourth-order valence-corrected chi connectivity index (χ4v) is 2.08. The maximum atomic E-state index is 11.5. The highest BCUT2D eigenvalue weighted by Gasteiger charge is 2.32. The molecule has 0 spiro atoms. The lowest BCUT2D eigenvalue weighted by Gasteiger charge is -2.41.